The third-order valence-corrected chi connectivity index (χ3v) is 5.07. The van der Waals surface area contributed by atoms with E-state index in [1.807, 2.05) is 18.2 Å². The highest BCUT2D eigenvalue weighted by Gasteiger charge is 2.21. The molecule has 4 aromatic rings. The molecule has 0 atom stereocenters. The van der Waals surface area contributed by atoms with Gasteiger partial charge in [0.1, 0.15) is 0 Å². The van der Waals surface area contributed by atoms with E-state index < -0.39 is 10.9 Å². The number of methoxy groups -OCH3 is 1. The van der Waals surface area contributed by atoms with E-state index >= 15 is 0 Å². The number of rotatable bonds is 6. The van der Waals surface area contributed by atoms with Crippen LogP contribution >= 0.6 is 0 Å². The Balaban J connectivity index is 1.75. The summed E-state index contributed by atoms with van der Waals surface area (Å²) in [6.07, 6.45) is 2.26. The first-order valence-corrected chi connectivity index (χ1v) is 9.53. The van der Waals surface area contributed by atoms with Gasteiger partial charge in [-0.05, 0) is 35.7 Å². The van der Waals surface area contributed by atoms with Crippen molar-refractivity contribution in [2.75, 3.05) is 7.11 Å². The smallest absolute Gasteiger partial charge is 0.340 e. The lowest BCUT2D eigenvalue weighted by Gasteiger charge is -2.07. The van der Waals surface area contributed by atoms with Gasteiger partial charge in [0, 0.05) is 23.9 Å². The average Bonchev–Trinajstić information content (AvgIpc) is 3.18. The highest BCUT2D eigenvalue weighted by atomic mass is 16.6. The van der Waals surface area contributed by atoms with Crippen LogP contribution in [0, 0.1) is 10.1 Å². The van der Waals surface area contributed by atoms with Gasteiger partial charge in [-0.25, -0.2) is 4.79 Å². The first kappa shape index (κ1) is 20.0. The monoisotopic (exact) mass is 414 g/mol. The maximum Gasteiger partial charge on any atom is 0.340 e. The van der Waals surface area contributed by atoms with Crippen LogP contribution < -0.4 is 0 Å². The molecule has 0 aliphatic rings. The van der Waals surface area contributed by atoms with Crippen molar-refractivity contribution in [3.63, 3.8) is 0 Å². The fraction of sp³-hybridized carbons (Fsp3) is 0.0833. The number of nitro groups is 1. The summed E-state index contributed by atoms with van der Waals surface area (Å²) in [6.45, 7) is 0. The van der Waals surface area contributed by atoms with Crippen LogP contribution in [0.4, 0.5) is 5.69 Å². The van der Waals surface area contributed by atoms with E-state index in [-0.39, 0.29) is 11.5 Å². The van der Waals surface area contributed by atoms with Crippen molar-refractivity contribution in [2.24, 2.45) is 0 Å². The number of carbonyl (C=O) groups excluding carboxylic acids is 2. The number of esters is 1. The molecule has 4 rings (SSSR count). The van der Waals surface area contributed by atoms with Crippen molar-refractivity contribution in [3.05, 3.63) is 117 Å². The highest BCUT2D eigenvalue weighted by molar-refractivity contribution is 6.11. The molecule has 0 unspecified atom stereocenters. The SMILES string of the molecule is COC(=O)c1cc(C(=O)c2ccccc2)n2ccc(Cc3ccc([N+](=O)[O-])cc3)cc12. The summed E-state index contributed by atoms with van der Waals surface area (Å²) in [5.41, 5.74) is 3.56. The minimum atomic E-state index is -0.530. The first-order valence-electron chi connectivity index (χ1n) is 9.53. The molecule has 2 aromatic heterocycles. The third-order valence-electron chi connectivity index (χ3n) is 5.07. The molecular weight excluding hydrogens is 396 g/mol. The number of aromatic nitrogens is 1. The van der Waals surface area contributed by atoms with Gasteiger partial charge in [-0.1, -0.05) is 42.5 Å². The van der Waals surface area contributed by atoms with E-state index in [2.05, 4.69) is 0 Å². The van der Waals surface area contributed by atoms with Gasteiger partial charge >= 0.3 is 5.97 Å². The summed E-state index contributed by atoms with van der Waals surface area (Å²) < 4.78 is 6.59. The number of ketones is 1. The molecule has 0 aliphatic carbocycles. The molecule has 31 heavy (non-hydrogen) atoms. The number of nitrogens with zero attached hydrogens (tertiary/aromatic N) is 2. The lowest BCUT2D eigenvalue weighted by atomic mass is 10.0. The van der Waals surface area contributed by atoms with Gasteiger partial charge in [0.05, 0.1) is 28.8 Å². The molecule has 7 heteroatoms. The van der Waals surface area contributed by atoms with Crippen LogP contribution in [-0.4, -0.2) is 28.2 Å². The molecule has 154 valence electrons. The molecule has 7 nitrogen and oxygen atoms in total. The molecular formula is C24H18N2O5. The summed E-state index contributed by atoms with van der Waals surface area (Å²) in [7, 11) is 1.30. The van der Waals surface area contributed by atoms with Crippen molar-refractivity contribution in [3.8, 4) is 0 Å². The van der Waals surface area contributed by atoms with Gasteiger partial charge in [0.15, 0.2) is 0 Å². The van der Waals surface area contributed by atoms with Crippen molar-refractivity contribution < 1.29 is 19.2 Å². The number of ether oxygens (including phenoxy) is 1. The van der Waals surface area contributed by atoms with Crippen LogP contribution in [0.15, 0.2) is 79.0 Å². The zero-order chi connectivity index (χ0) is 22.0. The predicted octanol–water partition coefficient (Wildman–Crippen LogP) is 4.46. The molecule has 0 N–H and O–H groups in total. The minimum Gasteiger partial charge on any atom is -0.465 e. The highest BCUT2D eigenvalue weighted by Crippen LogP contribution is 2.24. The van der Waals surface area contributed by atoms with E-state index in [0.29, 0.717) is 28.8 Å². The van der Waals surface area contributed by atoms with E-state index in [0.717, 1.165) is 11.1 Å². The average molecular weight is 414 g/mol. The maximum atomic E-state index is 13.0. The third kappa shape index (κ3) is 3.93. The molecule has 0 saturated carbocycles. The molecule has 0 bridgehead atoms. The Labute approximate surface area is 177 Å². The summed E-state index contributed by atoms with van der Waals surface area (Å²) in [5, 5.41) is 10.8. The number of hydrogen-bond donors (Lipinski definition) is 0. The van der Waals surface area contributed by atoms with Crippen LogP contribution in [0.2, 0.25) is 0 Å². The number of hydrogen-bond acceptors (Lipinski definition) is 5. The maximum absolute atomic E-state index is 13.0. The van der Waals surface area contributed by atoms with Gasteiger partial charge in [0.25, 0.3) is 5.69 Å². The van der Waals surface area contributed by atoms with Gasteiger partial charge in [0.2, 0.25) is 5.78 Å². The van der Waals surface area contributed by atoms with Gasteiger partial charge in [-0.2, -0.15) is 0 Å². The van der Waals surface area contributed by atoms with E-state index in [9.17, 15) is 19.7 Å². The Bertz CT molecular complexity index is 1290. The molecule has 0 amide bonds. The first-order chi connectivity index (χ1) is 15.0. The number of non-ortho nitro benzene ring substituents is 1. The number of pyridine rings is 1. The van der Waals surface area contributed by atoms with Gasteiger partial charge < -0.3 is 9.14 Å². The zero-order valence-corrected chi connectivity index (χ0v) is 16.6. The normalized spacial score (nSPS) is 10.7. The van der Waals surface area contributed by atoms with Crippen LogP contribution in [0.3, 0.4) is 0 Å². The lowest BCUT2D eigenvalue weighted by Crippen LogP contribution is -2.05. The summed E-state index contributed by atoms with van der Waals surface area (Å²) >= 11 is 0. The van der Waals surface area contributed by atoms with E-state index in [4.69, 9.17) is 4.74 Å². The lowest BCUT2D eigenvalue weighted by molar-refractivity contribution is -0.384. The number of nitro benzene ring substituents is 1. The summed E-state index contributed by atoms with van der Waals surface area (Å²) in [5.74, 6) is -0.731. The van der Waals surface area contributed by atoms with Gasteiger partial charge in [-0.15, -0.1) is 0 Å². The largest absolute Gasteiger partial charge is 0.465 e. The Morgan fingerprint density at radius 1 is 0.968 bits per heavy atom. The number of fused-ring (bicyclic) bond motifs is 1. The van der Waals surface area contributed by atoms with Gasteiger partial charge in [-0.3, -0.25) is 14.9 Å². The van der Waals surface area contributed by atoms with Crippen LogP contribution in [-0.2, 0) is 11.2 Å². The fourth-order valence-corrected chi connectivity index (χ4v) is 3.51. The van der Waals surface area contributed by atoms with Crippen LogP contribution in [0.1, 0.15) is 37.5 Å². The second-order valence-electron chi connectivity index (χ2n) is 7.02. The van der Waals surface area contributed by atoms with Crippen molar-refractivity contribution in [2.45, 2.75) is 6.42 Å². The molecule has 0 saturated heterocycles. The Morgan fingerprint density at radius 3 is 2.32 bits per heavy atom. The topological polar surface area (TPSA) is 90.9 Å². The Morgan fingerprint density at radius 2 is 1.68 bits per heavy atom. The van der Waals surface area contributed by atoms with Crippen LogP contribution in [0.25, 0.3) is 5.52 Å². The molecule has 0 aliphatic heterocycles. The second-order valence-corrected chi connectivity index (χ2v) is 7.02. The summed E-state index contributed by atoms with van der Waals surface area (Å²) in [6, 6.07) is 20.4. The Hall–Kier alpha value is -4.26. The van der Waals surface area contributed by atoms with Crippen molar-refractivity contribution in [1.82, 2.24) is 4.40 Å². The van der Waals surface area contributed by atoms with E-state index in [1.54, 1.807) is 53.1 Å². The standard InChI is InChI=1S/C24H18N2O5/c1-31-24(28)20-15-22(23(27)18-5-3-2-4-6-18)25-12-11-17(14-21(20)25)13-16-7-9-19(10-8-16)26(29)30/h2-12,14-15H,13H2,1H3. The molecule has 0 fully saturated rings. The Kier molecular flexibility index (Phi) is 5.32. The fourth-order valence-electron chi connectivity index (χ4n) is 3.51. The minimum absolute atomic E-state index is 0.0304. The van der Waals surface area contributed by atoms with Crippen molar-refractivity contribution in [1.29, 1.82) is 0 Å². The quantitative estimate of drug-likeness (QED) is 0.201. The predicted molar refractivity (Wildman–Crippen MR) is 115 cm³/mol. The van der Waals surface area contributed by atoms with Crippen LogP contribution in [0.5, 0.6) is 0 Å². The zero-order valence-electron chi connectivity index (χ0n) is 16.6. The number of benzene rings is 2. The molecule has 2 heterocycles. The molecule has 0 radical (unpaired) electrons. The second kappa shape index (κ2) is 8.23. The van der Waals surface area contributed by atoms with Crippen molar-refractivity contribution >= 4 is 23.0 Å². The van der Waals surface area contributed by atoms with E-state index in [1.165, 1.54) is 19.2 Å². The number of carbonyl (C=O) groups is 2. The molecule has 2 aromatic carbocycles. The summed E-state index contributed by atoms with van der Waals surface area (Å²) in [4.78, 5) is 35.8. The molecule has 0 spiro atoms.